The zero-order chi connectivity index (χ0) is 23.3. The molecule has 0 bridgehead atoms. The summed E-state index contributed by atoms with van der Waals surface area (Å²) < 4.78 is 20.4. The summed E-state index contributed by atoms with van der Waals surface area (Å²) in [6.07, 6.45) is 0.120. The normalized spacial score (nSPS) is 19.1. The molecule has 2 aromatic heterocycles. The fraction of sp³-hybridized carbons (Fsp3) is 0.333. The topological polar surface area (TPSA) is 103 Å². The lowest BCUT2D eigenvalue weighted by atomic mass is 10.1. The Labute approximate surface area is 190 Å². The number of fused-ring (bicyclic) bond motifs is 2. The van der Waals surface area contributed by atoms with Crippen LogP contribution in [0.15, 0.2) is 41.2 Å². The maximum Gasteiger partial charge on any atom is 0.261 e. The lowest BCUT2D eigenvalue weighted by Gasteiger charge is -2.40. The third kappa shape index (κ3) is 3.83. The largest absolute Gasteiger partial charge is 0.397 e. The molecule has 0 amide bonds. The summed E-state index contributed by atoms with van der Waals surface area (Å²) in [4.78, 5) is 27.7. The van der Waals surface area contributed by atoms with E-state index in [0.717, 1.165) is 24.3 Å². The molecule has 4 N–H and O–H groups in total. The van der Waals surface area contributed by atoms with Crippen LogP contribution in [-0.4, -0.2) is 65.8 Å². The van der Waals surface area contributed by atoms with Crippen molar-refractivity contribution < 1.29 is 9.13 Å². The van der Waals surface area contributed by atoms with Gasteiger partial charge in [0.1, 0.15) is 17.2 Å². The number of nitrogens with one attached hydrogen (secondary N) is 2. The van der Waals surface area contributed by atoms with E-state index in [0.29, 0.717) is 23.5 Å². The number of H-pyrrole nitrogens is 2. The van der Waals surface area contributed by atoms with E-state index in [2.05, 4.69) is 31.7 Å². The summed E-state index contributed by atoms with van der Waals surface area (Å²) in [5.41, 5.74) is 8.91. The van der Waals surface area contributed by atoms with Gasteiger partial charge in [0.05, 0.1) is 40.3 Å². The number of morpholine rings is 1. The van der Waals surface area contributed by atoms with Crippen LogP contribution < -0.4 is 16.2 Å². The van der Waals surface area contributed by atoms with Crippen molar-refractivity contribution in [3.8, 4) is 11.4 Å². The Kier molecular flexibility index (Phi) is 5.30. The summed E-state index contributed by atoms with van der Waals surface area (Å²) in [6.45, 7) is 4.42. The molecule has 5 rings (SSSR count). The molecule has 0 saturated carbocycles. The quantitative estimate of drug-likeness (QED) is 0.442. The number of ether oxygens (including phenoxy) is 1. The van der Waals surface area contributed by atoms with Gasteiger partial charge in [0.15, 0.2) is 0 Å². The van der Waals surface area contributed by atoms with E-state index in [4.69, 9.17) is 10.5 Å². The molecule has 0 aliphatic carbocycles. The minimum absolute atomic E-state index is 0.0689. The maximum absolute atomic E-state index is 14.4. The number of benzene rings is 2. The van der Waals surface area contributed by atoms with E-state index < -0.39 is 11.4 Å². The highest BCUT2D eigenvalue weighted by atomic mass is 19.1. The highest BCUT2D eigenvalue weighted by Crippen LogP contribution is 2.31. The molecular formula is C24H27FN6O2. The SMILES string of the molecule is C[C@@H]1CO[C@H](CN(C)C)CN1c1ccc2nc(-c3c(N)c4c(F)cccc4[nH]c3=O)[nH]c2c1. The van der Waals surface area contributed by atoms with Crippen molar-refractivity contribution in [3.05, 3.63) is 52.6 Å². The smallest absolute Gasteiger partial charge is 0.261 e. The number of hydrogen-bond acceptors (Lipinski definition) is 6. The van der Waals surface area contributed by atoms with Crippen LogP contribution in [0.4, 0.5) is 15.8 Å². The summed E-state index contributed by atoms with van der Waals surface area (Å²) >= 11 is 0. The monoisotopic (exact) mass is 450 g/mol. The Morgan fingerprint density at radius 1 is 1.24 bits per heavy atom. The van der Waals surface area contributed by atoms with Gasteiger partial charge >= 0.3 is 0 Å². The van der Waals surface area contributed by atoms with Crippen molar-refractivity contribution >= 4 is 33.3 Å². The average Bonchev–Trinajstić information content (AvgIpc) is 3.17. The second-order valence-corrected chi connectivity index (χ2v) is 8.91. The zero-order valence-corrected chi connectivity index (χ0v) is 18.9. The number of imidazole rings is 1. The van der Waals surface area contributed by atoms with Crippen LogP contribution >= 0.6 is 0 Å². The average molecular weight is 451 g/mol. The third-order valence-corrected chi connectivity index (χ3v) is 6.14. The number of nitrogens with zero attached hydrogens (tertiary/aromatic N) is 3. The summed E-state index contributed by atoms with van der Waals surface area (Å²) in [5.74, 6) is -0.180. The minimum Gasteiger partial charge on any atom is -0.397 e. The molecule has 4 aromatic rings. The van der Waals surface area contributed by atoms with Crippen LogP contribution in [0.1, 0.15) is 6.92 Å². The molecule has 33 heavy (non-hydrogen) atoms. The number of likely N-dealkylation sites (N-methyl/N-ethyl adjacent to an activating group) is 1. The van der Waals surface area contributed by atoms with Gasteiger partial charge in [-0.15, -0.1) is 0 Å². The molecule has 0 radical (unpaired) electrons. The first-order valence-electron chi connectivity index (χ1n) is 10.9. The number of aromatic nitrogens is 3. The van der Waals surface area contributed by atoms with Gasteiger partial charge < -0.3 is 30.2 Å². The Balaban J connectivity index is 1.54. The Hall–Kier alpha value is -3.43. The lowest BCUT2D eigenvalue weighted by molar-refractivity contribution is 0.00880. The van der Waals surface area contributed by atoms with Gasteiger partial charge in [-0.1, -0.05) is 6.07 Å². The van der Waals surface area contributed by atoms with E-state index in [1.165, 1.54) is 12.1 Å². The molecule has 9 heteroatoms. The second kappa shape index (κ2) is 8.17. The predicted molar refractivity (Wildman–Crippen MR) is 129 cm³/mol. The molecule has 1 fully saturated rings. The molecule has 172 valence electrons. The number of pyridine rings is 1. The van der Waals surface area contributed by atoms with E-state index >= 15 is 0 Å². The van der Waals surface area contributed by atoms with Gasteiger partial charge in [0, 0.05) is 24.8 Å². The Morgan fingerprint density at radius 3 is 2.85 bits per heavy atom. The number of anilines is 2. The number of halogens is 1. The van der Waals surface area contributed by atoms with Crippen LogP contribution in [0, 0.1) is 5.82 Å². The molecule has 3 heterocycles. The third-order valence-electron chi connectivity index (χ3n) is 6.14. The fourth-order valence-electron chi connectivity index (χ4n) is 4.56. The first-order chi connectivity index (χ1) is 15.8. The molecular weight excluding hydrogens is 423 g/mol. The minimum atomic E-state index is -0.491. The summed E-state index contributed by atoms with van der Waals surface area (Å²) in [6, 6.07) is 10.7. The number of rotatable bonds is 4. The van der Waals surface area contributed by atoms with Crippen LogP contribution in [0.3, 0.4) is 0 Å². The Bertz CT molecular complexity index is 1400. The van der Waals surface area contributed by atoms with E-state index in [-0.39, 0.29) is 28.8 Å². The highest BCUT2D eigenvalue weighted by molar-refractivity contribution is 5.98. The van der Waals surface area contributed by atoms with Crippen LogP contribution in [0.25, 0.3) is 33.3 Å². The number of aromatic amines is 2. The predicted octanol–water partition coefficient (Wildman–Crippen LogP) is 2.95. The first-order valence-corrected chi connectivity index (χ1v) is 10.9. The lowest BCUT2D eigenvalue weighted by Crippen LogP contribution is -2.51. The number of nitrogen functional groups attached to an aromatic ring is 1. The van der Waals surface area contributed by atoms with Crippen molar-refractivity contribution in [3.63, 3.8) is 0 Å². The van der Waals surface area contributed by atoms with Gasteiger partial charge in [0.25, 0.3) is 5.56 Å². The maximum atomic E-state index is 14.4. The molecule has 1 aliphatic heterocycles. The molecule has 1 aliphatic rings. The van der Waals surface area contributed by atoms with Gasteiger partial charge in [-0.25, -0.2) is 9.37 Å². The molecule has 2 aromatic carbocycles. The van der Waals surface area contributed by atoms with Gasteiger partial charge in [0.2, 0.25) is 0 Å². The standard InChI is InChI=1S/C24H27FN6O2/c1-13-12-33-15(10-30(2)3)11-31(13)14-7-8-17-19(9-14)28-23(27-17)21-22(26)20-16(25)5-4-6-18(20)29-24(21)32/h4-9,13,15H,10-12H2,1-3H3,(H,27,28)(H3,26,29,32)/t13-,15-/m1/s1. The molecule has 8 nitrogen and oxygen atoms in total. The summed E-state index contributed by atoms with van der Waals surface area (Å²) in [5, 5.41) is 0.183. The van der Waals surface area contributed by atoms with Gasteiger partial charge in [-0.3, -0.25) is 4.79 Å². The van der Waals surface area contributed by atoms with Gasteiger partial charge in [-0.05, 0) is 51.4 Å². The van der Waals surface area contributed by atoms with E-state index in [1.807, 2.05) is 32.3 Å². The second-order valence-electron chi connectivity index (χ2n) is 8.91. The van der Waals surface area contributed by atoms with Crippen LogP contribution in [-0.2, 0) is 4.74 Å². The molecule has 0 spiro atoms. The highest BCUT2D eigenvalue weighted by Gasteiger charge is 2.27. The number of nitrogens with two attached hydrogens (primary N) is 1. The van der Waals surface area contributed by atoms with Crippen LogP contribution in [0.5, 0.6) is 0 Å². The van der Waals surface area contributed by atoms with Crippen molar-refractivity contribution in [2.75, 3.05) is 44.4 Å². The van der Waals surface area contributed by atoms with Crippen molar-refractivity contribution in [2.45, 2.75) is 19.1 Å². The number of hydrogen-bond donors (Lipinski definition) is 3. The van der Waals surface area contributed by atoms with Crippen molar-refractivity contribution in [2.24, 2.45) is 0 Å². The van der Waals surface area contributed by atoms with E-state index in [9.17, 15) is 9.18 Å². The van der Waals surface area contributed by atoms with Crippen molar-refractivity contribution in [1.82, 2.24) is 19.9 Å². The fourth-order valence-corrected chi connectivity index (χ4v) is 4.56. The Morgan fingerprint density at radius 2 is 2.06 bits per heavy atom. The molecule has 1 saturated heterocycles. The zero-order valence-electron chi connectivity index (χ0n) is 18.9. The van der Waals surface area contributed by atoms with Crippen LogP contribution in [0.2, 0.25) is 0 Å². The summed E-state index contributed by atoms with van der Waals surface area (Å²) in [7, 11) is 4.08. The molecule has 2 atom stereocenters. The van der Waals surface area contributed by atoms with E-state index in [1.54, 1.807) is 6.07 Å². The first kappa shape index (κ1) is 21.4. The molecule has 0 unspecified atom stereocenters. The van der Waals surface area contributed by atoms with Gasteiger partial charge in [-0.2, -0.15) is 0 Å². The van der Waals surface area contributed by atoms with Crippen molar-refractivity contribution in [1.29, 1.82) is 0 Å².